The van der Waals surface area contributed by atoms with Gasteiger partial charge in [-0.25, -0.2) is 0 Å². The summed E-state index contributed by atoms with van der Waals surface area (Å²) >= 11 is 0. The first-order valence-electron chi connectivity index (χ1n) is 5.34. The second kappa shape index (κ2) is 2.86. The molecule has 1 saturated carbocycles. The second-order valence-electron chi connectivity index (χ2n) is 5.15. The van der Waals surface area contributed by atoms with Crippen LogP contribution in [0.25, 0.3) is 0 Å². The minimum Gasteiger partial charge on any atom is -0.365 e. The van der Waals surface area contributed by atoms with E-state index in [1.165, 1.54) is 16.8 Å². The topological polar surface area (TPSA) is 41.8 Å². The van der Waals surface area contributed by atoms with Gasteiger partial charge in [0.1, 0.15) is 0 Å². The molecule has 0 spiro atoms. The predicted molar refractivity (Wildman–Crippen MR) is 59.3 cm³/mol. The molecule has 14 heavy (non-hydrogen) atoms. The van der Waals surface area contributed by atoms with Crippen LogP contribution in [-0.2, 0) is 0 Å². The Bertz CT molecular complexity index is 330. The molecule has 2 atom stereocenters. The van der Waals surface area contributed by atoms with Crippen molar-refractivity contribution < 1.29 is 0 Å². The van der Waals surface area contributed by atoms with Gasteiger partial charge in [-0.2, -0.15) is 0 Å². The van der Waals surface area contributed by atoms with E-state index in [0.717, 1.165) is 6.54 Å². The number of aromatic nitrogens is 1. The van der Waals surface area contributed by atoms with Crippen molar-refractivity contribution in [3.05, 3.63) is 23.0 Å². The van der Waals surface area contributed by atoms with E-state index >= 15 is 0 Å². The van der Waals surface area contributed by atoms with Gasteiger partial charge in [0.25, 0.3) is 0 Å². The van der Waals surface area contributed by atoms with Crippen molar-refractivity contribution in [3.63, 3.8) is 0 Å². The molecule has 3 N–H and O–H groups in total. The highest BCUT2D eigenvalue weighted by Crippen LogP contribution is 2.64. The molecule has 1 fully saturated rings. The molecule has 1 aromatic heterocycles. The van der Waals surface area contributed by atoms with E-state index in [1.807, 2.05) is 0 Å². The normalized spacial score (nSPS) is 29.2. The molecule has 2 nitrogen and oxygen atoms in total. The number of rotatable bonds is 2. The van der Waals surface area contributed by atoms with Gasteiger partial charge in [-0.3, -0.25) is 0 Å². The van der Waals surface area contributed by atoms with Gasteiger partial charge in [-0.15, -0.1) is 0 Å². The third-order valence-corrected chi connectivity index (χ3v) is 3.95. The Kier molecular flexibility index (Phi) is 2.00. The van der Waals surface area contributed by atoms with Crippen LogP contribution >= 0.6 is 0 Å². The lowest BCUT2D eigenvalue weighted by Crippen LogP contribution is -2.05. The molecular weight excluding hydrogens is 172 g/mol. The Hall–Kier alpha value is -0.760. The van der Waals surface area contributed by atoms with Gasteiger partial charge in [-0.1, -0.05) is 13.8 Å². The summed E-state index contributed by atoms with van der Waals surface area (Å²) in [6, 6.07) is 0. The number of aromatic amines is 1. The Balaban J connectivity index is 2.35. The van der Waals surface area contributed by atoms with Gasteiger partial charge < -0.3 is 10.7 Å². The molecule has 2 unspecified atom stereocenters. The maximum Gasteiger partial charge on any atom is 0.0154 e. The third kappa shape index (κ3) is 1.13. The number of nitrogens with one attached hydrogen (secondary N) is 1. The number of aryl methyl sites for hydroxylation is 2. The van der Waals surface area contributed by atoms with Crippen molar-refractivity contribution in [2.45, 2.75) is 33.6 Å². The lowest BCUT2D eigenvalue weighted by molar-refractivity contribution is 0.558. The molecule has 2 heteroatoms. The zero-order chi connectivity index (χ0) is 10.5. The summed E-state index contributed by atoms with van der Waals surface area (Å²) in [5.74, 6) is 1.33. The molecule has 78 valence electrons. The first-order chi connectivity index (χ1) is 6.50. The summed E-state index contributed by atoms with van der Waals surface area (Å²) < 4.78 is 0. The highest BCUT2D eigenvalue weighted by Gasteiger charge is 2.58. The van der Waals surface area contributed by atoms with E-state index in [2.05, 4.69) is 38.9 Å². The van der Waals surface area contributed by atoms with E-state index in [0.29, 0.717) is 17.3 Å². The van der Waals surface area contributed by atoms with Crippen LogP contribution in [0.1, 0.15) is 36.6 Å². The molecule has 0 amide bonds. The van der Waals surface area contributed by atoms with Crippen molar-refractivity contribution in [2.75, 3.05) is 6.54 Å². The summed E-state index contributed by atoms with van der Waals surface area (Å²) in [7, 11) is 0. The monoisotopic (exact) mass is 192 g/mol. The molecule has 1 aromatic rings. The number of hydrogen-bond acceptors (Lipinski definition) is 1. The maximum atomic E-state index is 5.80. The predicted octanol–water partition coefficient (Wildman–Crippen LogP) is 2.33. The van der Waals surface area contributed by atoms with Crippen LogP contribution in [0.2, 0.25) is 0 Å². The van der Waals surface area contributed by atoms with Crippen LogP contribution < -0.4 is 5.73 Å². The fraction of sp³-hybridized carbons (Fsp3) is 0.667. The van der Waals surface area contributed by atoms with E-state index in [1.54, 1.807) is 0 Å². The molecule has 0 aromatic carbocycles. The van der Waals surface area contributed by atoms with Crippen molar-refractivity contribution in [1.82, 2.24) is 4.98 Å². The van der Waals surface area contributed by atoms with E-state index in [-0.39, 0.29) is 0 Å². The molecule has 0 radical (unpaired) electrons. The van der Waals surface area contributed by atoms with Crippen LogP contribution in [0.3, 0.4) is 0 Å². The van der Waals surface area contributed by atoms with E-state index < -0.39 is 0 Å². The molecule has 1 aliphatic rings. The van der Waals surface area contributed by atoms with Crippen LogP contribution in [0.4, 0.5) is 0 Å². The summed E-state index contributed by atoms with van der Waals surface area (Å²) in [6.45, 7) is 9.79. The molecule has 0 saturated heterocycles. The molecule has 0 aliphatic heterocycles. The summed E-state index contributed by atoms with van der Waals surface area (Å²) in [5.41, 5.74) is 10.4. The van der Waals surface area contributed by atoms with E-state index in [4.69, 9.17) is 5.73 Å². The van der Waals surface area contributed by atoms with Crippen LogP contribution in [0, 0.1) is 25.2 Å². The molecule has 1 heterocycles. The van der Waals surface area contributed by atoms with E-state index in [9.17, 15) is 0 Å². The first-order valence-corrected chi connectivity index (χ1v) is 5.34. The van der Waals surface area contributed by atoms with Crippen molar-refractivity contribution >= 4 is 0 Å². The first kappa shape index (κ1) is 9.78. The SMILES string of the molecule is Cc1c[nH]c(C)c1C1C(CN)C1(C)C. The fourth-order valence-electron chi connectivity index (χ4n) is 2.90. The summed E-state index contributed by atoms with van der Waals surface area (Å²) in [4.78, 5) is 3.30. The third-order valence-electron chi connectivity index (χ3n) is 3.95. The summed E-state index contributed by atoms with van der Waals surface area (Å²) in [5, 5.41) is 0. The average Bonchev–Trinajstić information content (AvgIpc) is 2.48. The van der Waals surface area contributed by atoms with Gasteiger partial charge in [0.2, 0.25) is 0 Å². The lowest BCUT2D eigenvalue weighted by Gasteiger charge is -2.03. The Morgan fingerprint density at radius 2 is 2.07 bits per heavy atom. The highest BCUT2D eigenvalue weighted by molar-refractivity contribution is 5.40. The molecule has 0 bridgehead atoms. The van der Waals surface area contributed by atoms with Gasteiger partial charge >= 0.3 is 0 Å². The van der Waals surface area contributed by atoms with Gasteiger partial charge in [0.15, 0.2) is 0 Å². The zero-order valence-electron chi connectivity index (χ0n) is 9.52. The van der Waals surface area contributed by atoms with Crippen molar-refractivity contribution in [1.29, 1.82) is 0 Å². The lowest BCUT2D eigenvalue weighted by atomic mass is 10.0. The maximum absolute atomic E-state index is 5.80. The Morgan fingerprint density at radius 1 is 1.43 bits per heavy atom. The Morgan fingerprint density at radius 3 is 2.43 bits per heavy atom. The largest absolute Gasteiger partial charge is 0.365 e. The van der Waals surface area contributed by atoms with Crippen LogP contribution in [0.15, 0.2) is 6.20 Å². The van der Waals surface area contributed by atoms with Gasteiger partial charge in [0, 0.05) is 11.9 Å². The zero-order valence-corrected chi connectivity index (χ0v) is 9.52. The Labute approximate surface area is 85.9 Å². The van der Waals surface area contributed by atoms with Crippen LogP contribution in [-0.4, -0.2) is 11.5 Å². The molecular formula is C12H20N2. The van der Waals surface area contributed by atoms with Crippen molar-refractivity contribution in [3.8, 4) is 0 Å². The highest BCUT2D eigenvalue weighted by atomic mass is 14.8. The van der Waals surface area contributed by atoms with Crippen LogP contribution in [0.5, 0.6) is 0 Å². The summed E-state index contributed by atoms with van der Waals surface area (Å²) in [6.07, 6.45) is 2.10. The van der Waals surface area contributed by atoms with Crippen molar-refractivity contribution in [2.24, 2.45) is 17.1 Å². The quantitative estimate of drug-likeness (QED) is 0.742. The fourth-order valence-corrected chi connectivity index (χ4v) is 2.90. The minimum absolute atomic E-state index is 0.395. The number of hydrogen-bond donors (Lipinski definition) is 2. The molecule has 1 aliphatic carbocycles. The standard InChI is InChI=1S/C12H20N2/c1-7-6-14-8(2)10(7)11-9(5-13)12(11,3)4/h6,9,11,14H,5,13H2,1-4H3. The number of nitrogens with two attached hydrogens (primary N) is 1. The second-order valence-corrected chi connectivity index (χ2v) is 5.15. The molecule has 2 rings (SSSR count). The van der Waals surface area contributed by atoms with Gasteiger partial charge in [-0.05, 0) is 48.8 Å². The number of H-pyrrole nitrogens is 1. The average molecular weight is 192 g/mol. The minimum atomic E-state index is 0.395. The van der Waals surface area contributed by atoms with Gasteiger partial charge in [0.05, 0.1) is 0 Å². The smallest absolute Gasteiger partial charge is 0.0154 e.